The number of halogens is 3. The van der Waals surface area contributed by atoms with Crippen molar-refractivity contribution in [3.05, 3.63) is 47.2 Å². The molecule has 8 heteroatoms. The first kappa shape index (κ1) is 19.9. The van der Waals surface area contributed by atoms with Gasteiger partial charge >= 0.3 is 6.18 Å². The van der Waals surface area contributed by atoms with Crippen LogP contribution < -0.4 is 16.1 Å². The van der Waals surface area contributed by atoms with Crippen molar-refractivity contribution in [3.8, 4) is 0 Å². The zero-order chi connectivity index (χ0) is 20.9. The number of hydrazine groups is 1. The second-order valence-electron chi connectivity index (χ2n) is 8.89. The Kier molecular flexibility index (Phi) is 5.01. The fourth-order valence-corrected chi connectivity index (χ4v) is 5.77. The molecule has 5 rings (SSSR count). The Morgan fingerprint density at radius 2 is 1.73 bits per heavy atom. The Morgan fingerprint density at radius 1 is 1.00 bits per heavy atom. The molecule has 4 unspecified atom stereocenters. The average molecular weight is 420 g/mol. The monoisotopic (exact) mass is 420 g/mol. The van der Waals surface area contributed by atoms with Crippen LogP contribution in [0.4, 0.5) is 13.2 Å². The highest BCUT2D eigenvalue weighted by molar-refractivity contribution is 5.89. The molecular formula is C22H27F3N4O. The fourth-order valence-electron chi connectivity index (χ4n) is 5.77. The van der Waals surface area contributed by atoms with Crippen LogP contribution in [0.15, 0.2) is 36.0 Å². The molecule has 162 valence electrons. The summed E-state index contributed by atoms with van der Waals surface area (Å²) in [5, 5.41) is 8.67. The second kappa shape index (κ2) is 7.57. The lowest BCUT2D eigenvalue weighted by Gasteiger charge is -2.40. The number of nitrogens with zero attached hydrogens (tertiary/aromatic N) is 1. The number of carbonyl (C=O) groups excluding carboxylic acids is 1. The number of amides is 1. The third-order valence-corrected chi connectivity index (χ3v) is 7.18. The molecule has 1 aromatic carbocycles. The molecule has 4 aliphatic rings. The van der Waals surface area contributed by atoms with Gasteiger partial charge in [0.25, 0.3) is 0 Å². The van der Waals surface area contributed by atoms with E-state index in [1.807, 2.05) is 0 Å². The minimum absolute atomic E-state index is 0.0658. The van der Waals surface area contributed by atoms with Crippen LogP contribution in [0, 0.1) is 11.8 Å². The molecule has 1 amide bonds. The zero-order valence-corrected chi connectivity index (χ0v) is 16.7. The fraction of sp³-hybridized carbons (Fsp3) is 0.591. The molecule has 4 atom stereocenters. The van der Waals surface area contributed by atoms with Crippen molar-refractivity contribution in [2.75, 3.05) is 13.1 Å². The molecule has 0 spiro atoms. The molecule has 3 heterocycles. The predicted octanol–water partition coefficient (Wildman–Crippen LogP) is 3.12. The first-order valence-electron chi connectivity index (χ1n) is 10.9. The van der Waals surface area contributed by atoms with Gasteiger partial charge in [0, 0.05) is 29.7 Å². The van der Waals surface area contributed by atoms with E-state index in [1.165, 1.54) is 12.1 Å². The SMILES string of the molecule is O=C1C=C(C2CCNCC2)N2NC3CCCC(c4ccc(C(F)(F)F)cc4)C3C2N1. The van der Waals surface area contributed by atoms with Gasteiger partial charge in [0.15, 0.2) is 0 Å². The van der Waals surface area contributed by atoms with Gasteiger partial charge in [0.1, 0.15) is 6.17 Å². The molecule has 30 heavy (non-hydrogen) atoms. The van der Waals surface area contributed by atoms with Crippen LogP contribution in [-0.2, 0) is 11.0 Å². The van der Waals surface area contributed by atoms with E-state index in [-0.39, 0.29) is 30.0 Å². The number of fused-ring (bicyclic) bond motifs is 3. The third kappa shape index (κ3) is 3.50. The highest BCUT2D eigenvalue weighted by Crippen LogP contribution is 2.46. The van der Waals surface area contributed by atoms with Gasteiger partial charge < -0.3 is 10.6 Å². The lowest BCUT2D eigenvalue weighted by atomic mass is 9.72. The minimum Gasteiger partial charge on any atom is -0.331 e. The Hall–Kier alpha value is -2.06. The van der Waals surface area contributed by atoms with E-state index in [0.29, 0.717) is 5.92 Å². The smallest absolute Gasteiger partial charge is 0.331 e. The largest absolute Gasteiger partial charge is 0.416 e. The predicted molar refractivity (Wildman–Crippen MR) is 106 cm³/mol. The maximum absolute atomic E-state index is 13.0. The summed E-state index contributed by atoms with van der Waals surface area (Å²) in [7, 11) is 0. The molecule has 1 saturated carbocycles. The van der Waals surface area contributed by atoms with Gasteiger partial charge in [-0.3, -0.25) is 9.80 Å². The number of alkyl halides is 3. The summed E-state index contributed by atoms with van der Waals surface area (Å²) in [5.74, 6) is 0.520. The summed E-state index contributed by atoms with van der Waals surface area (Å²) in [6, 6.07) is 5.80. The van der Waals surface area contributed by atoms with Gasteiger partial charge in [-0.15, -0.1) is 0 Å². The molecule has 1 aliphatic carbocycles. The molecule has 3 fully saturated rings. The summed E-state index contributed by atoms with van der Waals surface area (Å²) in [4.78, 5) is 12.5. The minimum atomic E-state index is -4.33. The van der Waals surface area contributed by atoms with Crippen molar-refractivity contribution in [3.63, 3.8) is 0 Å². The number of benzene rings is 1. The highest BCUT2D eigenvalue weighted by Gasteiger charge is 2.51. The summed E-state index contributed by atoms with van der Waals surface area (Å²) in [6.45, 7) is 1.90. The van der Waals surface area contributed by atoms with Crippen LogP contribution >= 0.6 is 0 Å². The van der Waals surface area contributed by atoms with Crippen molar-refractivity contribution in [2.24, 2.45) is 11.8 Å². The van der Waals surface area contributed by atoms with Crippen molar-refractivity contribution < 1.29 is 18.0 Å². The van der Waals surface area contributed by atoms with E-state index in [2.05, 4.69) is 21.1 Å². The maximum Gasteiger partial charge on any atom is 0.416 e. The topological polar surface area (TPSA) is 56.4 Å². The number of carbonyl (C=O) groups is 1. The van der Waals surface area contributed by atoms with E-state index in [9.17, 15) is 18.0 Å². The second-order valence-corrected chi connectivity index (χ2v) is 8.89. The molecule has 0 bridgehead atoms. The van der Waals surface area contributed by atoms with Gasteiger partial charge in [0.2, 0.25) is 5.91 Å². The van der Waals surface area contributed by atoms with Gasteiger partial charge in [-0.1, -0.05) is 18.6 Å². The van der Waals surface area contributed by atoms with E-state index in [1.54, 1.807) is 18.2 Å². The summed E-state index contributed by atoms with van der Waals surface area (Å²) in [5.41, 5.74) is 5.01. The van der Waals surface area contributed by atoms with Crippen LogP contribution in [-0.4, -0.2) is 36.2 Å². The highest BCUT2D eigenvalue weighted by atomic mass is 19.4. The van der Waals surface area contributed by atoms with Crippen LogP contribution in [0.25, 0.3) is 0 Å². The normalized spacial score (nSPS) is 32.3. The number of piperidine rings is 1. The molecule has 5 nitrogen and oxygen atoms in total. The van der Waals surface area contributed by atoms with E-state index in [4.69, 9.17) is 0 Å². The Morgan fingerprint density at radius 3 is 2.43 bits per heavy atom. The number of hydrogen-bond donors (Lipinski definition) is 3. The zero-order valence-electron chi connectivity index (χ0n) is 16.7. The number of allylic oxidation sites excluding steroid dienone is 1. The Balaban J connectivity index is 1.43. The van der Waals surface area contributed by atoms with Gasteiger partial charge in [-0.25, -0.2) is 5.43 Å². The van der Waals surface area contributed by atoms with Crippen LogP contribution in [0.3, 0.4) is 0 Å². The molecule has 3 N–H and O–H groups in total. The first-order chi connectivity index (χ1) is 14.4. The molecule has 0 radical (unpaired) electrons. The Bertz CT molecular complexity index is 832. The lowest BCUT2D eigenvalue weighted by Crippen LogP contribution is -2.54. The Labute approximate surface area is 174 Å². The number of hydrogen-bond acceptors (Lipinski definition) is 4. The quantitative estimate of drug-likeness (QED) is 0.688. The number of nitrogens with one attached hydrogen (secondary N) is 3. The van der Waals surface area contributed by atoms with Gasteiger partial charge in [-0.05, 0) is 62.4 Å². The average Bonchev–Trinajstić information content (AvgIpc) is 3.12. The standard InChI is InChI=1S/C22H27F3N4O/c23-22(24,25)15-6-4-13(5-7-15)16-2-1-3-17-20(16)21-27-19(30)12-18(29(21)28-17)14-8-10-26-11-9-14/h4-7,12,14,16-17,20-21,26,28H,1-3,8-11H2,(H,27,30). The molecule has 0 aromatic heterocycles. The number of rotatable bonds is 2. The van der Waals surface area contributed by atoms with Crippen molar-refractivity contribution in [2.45, 2.75) is 56.4 Å². The van der Waals surface area contributed by atoms with E-state index in [0.717, 1.165) is 56.5 Å². The third-order valence-electron chi connectivity index (χ3n) is 7.18. The van der Waals surface area contributed by atoms with Gasteiger partial charge in [-0.2, -0.15) is 13.2 Å². The van der Waals surface area contributed by atoms with Crippen molar-refractivity contribution in [1.29, 1.82) is 0 Å². The first-order valence-corrected chi connectivity index (χ1v) is 10.9. The van der Waals surface area contributed by atoms with Crippen LogP contribution in [0.1, 0.15) is 49.1 Å². The molecule has 2 saturated heterocycles. The van der Waals surface area contributed by atoms with E-state index < -0.39 is 11.7 Å². The summed E-state index contributed by atoms with van der Waals surface area (Å²) in [6.07, 6.45) is 2.18. The van der Waals surface area contributed by atoms with Crippen LogP contribution in [0.5, 0.6) is 0 Å². The molecular weight excluding hydrogens is 393 g/mol. The maximum atomic E-state index is 13.0. The van der Waals surface area contributed by atoms with Crippen LogP contribution in [0.2, 0.25) is 0 Å². The summed E-state index contributed by atoms with van der Waals surface area (Å²) < 4.78 is 39.0. The van der Waals surface area contributed by atoms with Crippen molar-refractivity contribution >= 4 is 5.91 Å². The molecule has 1 aromatic rings. The molecule has 3 aliphatic heterocycles. The lowest BCUT2D eigenvalue weighted by molar-refractivity contribution is -0.137. The summed E-state index contributed by atoms with van der Waals surface area (Å²) >= 11 is 0. The van der Waals surface area contributed by atoms with Crippen molar-refractivity contribution in [1.82, 2.24) is 21.1 Å². The van der Waals surface area contributed by atoms with Gasteiger partial charge in [0.05, 0.1) is 5.56 Å². The van der Waals surface area contributed by atoms with E-state index >= 15 is 0 Å².